The van der Waals surface area contributed by atoms with Gasteiger partial charge in [0.25, 0.3) is 0 Å². The van der Waals surface area contributed by atoms with Gasteiger partial charge in [-0.15, -0.1) is 16.4 Å². The van der Waals surface area contributed by atoms with Crippen molar-refractivity contribution in [3.8, 4) is 77.9 Å². The maximum Gasteiger partial charge on any atom is 0.143 e. The van der Waals surface area contributed by atoms with Crippen LogP contribution in [0.1, 0.15) is 0 Å². The minimum Gasteiger partial charge on any atom is -0.455 e. The van der Waals surface area contributed by atoms with Crippen molar-refractivity contribution in [3.63, 3.8) is 0 Å². The minimum atomic E-state index is 0.889. The Bertz CT molecular complexity index is 4930. The molecule has 0 atom stereocenters. The van der Waals surface area contributed by atoms with Crippen molar-refractivity contribution >= 4 is 142 Å². The monoisotopic (exact) mass is 1010 g/mol. The number of benzene rings is 14. The number of para-hydroxylation sites is 1. The molecule has 0 unspecified atom stereocenters. The van der Waals surface area contributed by atoms with E-state index in [0.717, 1.165) is 33.1 Å². The third-order valence-electron chi connectivity index (χ3n) is 17.8. The first-order valence-electron chi connectivity index (χ1n) is 28.0. The number of hydrogen-bond acceptors (Lipinski definition) is 1. The molecule has 0 bridgehead atoms. The van der Waals surface area contributed by atoms with Crippen LogP contribution < -0.4 is 27.3 Å². The Balaban J connectivity index is 0.876. The molecule has 1 heterocycles. The molecule has 0 fully saturated rings. The van der Waals surface area contributed by atoms with Gasteiger partial charge in [-0.2, -0.15) is 0 Å². The molecular formula is C74H51B5O. The van der Waals surface area contributed by atoms with Crippen LogP contribution in [0.5, 0.6) is 0 Å². The molecule has 6 heteroatoms. The second-order valence-electron chi connectivity index (χ2n) is 21.9. The molecule has 0 radical (unpaired) electrons. The normalized spacial score (nSPS) is 11.8. The van der Waals surface area contributed by atoms with Crippen molar-refractivity contribution in [1.29, 1.82) is 0 Å². The highest BCUT2D eigenvalue weighted by atomic mass is 16.3. The fraction of sp³-hybridized carbons (Fsp3) is 0. The Hall–Kier alpha value is -9.50. The number of rotatable bonds is 7. The second-order valence-corrected chi connectivity index (χ2v) is 21.9. The van der Waals surface area contributed by atoms with Gasteiger partial charge in [0.15, 0.2) is 0 Å². The van der Waals surface area contributed by atoms with E-state index in [-0.39, 0.29) is 0 Å². The molecule has 14 aromatic carbocycles. The summed E-state index contributed by atoms with van der Waals surface area (Å²) >= 11 is 0. The van der Waals surface area contributed by atoms with Crippen LogP contribution in [0.3, 0.4) is 0 Å². The van der Waals surface area contributed by atoms with Gasteiger partial charge in [0.2, 0.25) is 0 Å². The predicted octanol–water partition coefficient (Wildman–Crippen LogP) is 12.3. The molecule has 0 spiro atoms. The first-order chi connectivity index (χ1) is 39.3. The van der Waals surface area contributed by atoms with E-state index in [2.05, 4.69) is 288 Å². The van der Waals surface area contributed by atoms with E-state index in [1.165, 1.54) is 148 Å². The van der Waals surface area contributed by atoms with Crippen LogP contribution in [0, 0.1) is 0 Å². The highest BCUT2D eigenvalue weighted by Crippen LogP contribution is 2.48. The summed E-state index contributed by atoms with van der Waals surface area (Å²) in [5.41, 5.74) is 25.7. The average Bonchev–Trinajstić information content (AvgIpc) is 3.99. The average molecular weight is 1010 g/mol. The molecule has 0 N–H and O–H groups in total. The van der Waals surface area contributed by atoms with Crippen molar-refractivity contribution in [3.05, 3.63) is 249 Å². The standard InChI is InChI=1S/C74H51B5O/c75-69-68(70(76)72(78)73(79)71(69)77)67-58-31-10-8-29-56(58)65(57-30-9-11-32-59(57)67)47-24-13-22-45(40-47)50-34-15-20-43-19-14-33-49(63(43)50)44-21-12-23-46(39-44)64-52-25-4-6-27-54(52)66(55-28-7-5-26-53(55)64)48-37-38-62-61(41-48)60-36-16-35-51(74(60)80-62)42-17-2-1-3-18-42/h1-41H,75-79H2. The van der Waals surface area contributed by atoms with Gasteiger partial charge in [0.05, 0.1) is 0 Å². The Morgan fingerprint density at radius 2 is 0.588 bits per heavy atom. The minimum absolute atomic E-state index is 0.889. The molecule has 0 saturated carbocycles. The Morgan fingerprint density at radius 1 is 0.225 bits per heavy atom. The quantitative estimate of drug-likeness (QED) is 0.115. The fourth-order valence-electron chi connectivity index (χ4n) is 13.6. The lowest BCUT2D eigenvalue weighted by Crippen LogP contribution is -2.55. The van der Waals surface area contributed by atoms with Crippen molar-refractivity contribution in [1.82, 2.24) is 0 Å². The highest BCUT2D eigenvalue weighted by molar-refractivity contribution is 6.69. The third-order valence-corrected chi connectivity index (χ3v) is 17.8. The first-order valence-corrected chi connectivity index (χ1v) is 28.0. The van der Waals surface area contributed by atoms with Gasteiger partial charge < -0.3 is 4.42 Å². The van der Waals surface area contributed by atoms with Crippen LogP contribution in [-0.2, 0) is 0 Å². The highest BCUT2D eigenvalue weighted by Gasteiger charge is 2.23. The van der Waals surface area contributed by atoms with Crippen LogP contribution in [0.4, 0.5) is 0 Å². The van der Waals surface area contributed by atoms with Gasteiger partial charge in [0.1, 0.15) is 50.4 Å². The molecule has 15 aromatic rings. The Labute approximate surface area is 470 Å². The van der Waals surface area contributed by atoms with Crippen LogP contribution in [0.15, 0.2) is 253 Å². The number of hydrogen-bond donors (Lipinski definition) is 0. The van der Waals surface area contributed by atoms with Gasteiger partial charge in [-0.05, 0) is 150 Å². The van der Waals surface area contributed by atoms with E-state index in [0.29, 0.717) is 0 Å². The number of fused-ring (bicyclic) bond motifs is 8. The van der Waals surface area contributed by atoms with E-state index in [1.807, 2.05) is 0 Å². The zero-order valence-electron chi connectivity index (χ0n) is 45.6. The van der Waals surface area contributed by atoms with Gasteiger partial charge >= 0.3 is 0 Å². The molecule has 0 saturated heterocycles. The SMILES string of the molecule is Bc1c(B)c(B)c(-c2c3ccccc3c(-c3cccc(-c4cccc5cccc(-c6cccc(-c7c8ccccc8c(-c8ccc9oc%10c(-c%11ccccc%11)cccc%10c9c8)c8ccccc78)c6)c45)c3)c3ccccc23)c(B)c1B. The Kier molecular flexibility index (Phi) is 11.2. The maximum atomic E-state index is 6.67. The number of furan rings is 1. The molecule has 368 valence electrons. The molecule has 80 heavy (non-hydrogen) atoms. The van der Waals surface area contributed by atoms with E-state index < -0.39 is 0 Å². The van der Waals surface area contributed by atoms with Crippen LogP contribution in [0.2, 0.25) is 0 Å². The van der Waals surface area contributed by atoms with Crippen LogP contribution in [0.25, 0.3) is 154 Å². The molecule has 1 nitrogen and oxygen atoms in total. The molecule has 0 aliphatic heterocycles. The summed E-state index contributed by atoms with van der Waals surface area (Å²) in [5.74, 6) is 0. The molecule has 0 amide bonds. The molecule has 15 rings (SSSR count). The summed E-state index contributed by atoms with van der Waals surface area (Å²) in [6.45, 7) is 0. The summed E-state index contributed by atoms with van der Waals surface area (Å²) in [6, 6.07) is 92.0. The maximum absolute atomic E-state index is 6.67. The molecular weight excluding hydrogens is 959 g/mol. The molecule has 0 aliphatic rings. The van der Waals surface area contributed by atoms with E-state index in [1.54, 1.807) is 0 Å². The predicted molar refractivity (Wildman–Crippen MR) is 360 cm³/mol. The largest absolute Gasteiger partial charge is 0.455 e. The smallest absolute Gasteiger partial charge is 0.143 e. The van der Waals surface area contributed by atoms with Crippen molar-refractivity contribution < 1.29 is 4.42 Å². The van der Waals surface area contributed by atoms with Crippen molar-refractivity contribution in [2.45, 2.75) is 0 Å². The molecule has 0 aliphatic carbocycles. The van der Waals surface area contributed by atoms with E-state index in [4.69, 9.17) is 4.42 Å². The lowest BCUT2D eigenvalue weighted by molar-refractivity contribution is 0.670. The molecule has 1 aromatic heterocycles. The zero-order chi connectivity index (χ0) is 53.8. The summed E-state index contributed by atoms with van der Waals surface area (Å²) in [5, 5.41) is 14.7. The summed E-state index contributed by atoms with van der Waals surface area (Å²) in [7, 11) is 11.5. The van der Waals surface area contributed by atoms with Gasteiger partial charge in [-0.3, -0.25) is 0 Å². The summed E-state index contributed by atoms with van der Waals surface area (Å²) in [6.07, 6.45) is 0. The summed E-state index contributed by atoms with van der Waals surface area (Å²) in [4.78, 5) is 0. The van der Waals surface area contributed by atoms with Crippen LogP contribution in [-0.4, -0.2) is 39.2 Å². The van der Waals surface area contributed by atoms with Crippen molar-refractivity contribution in [2.75, 3.05) is 0 Å². The van der Waals surface area contributed by atoms with E-state index in [9.17, 15) is 0 Å². The third kappa shape index (κ3) is 7.39. The summed E-state index contributed by atoms with van der Waals surface area (Å²) < 4.78 is 6.67. The van der Waals surface area contributed by atoms with Crippen LogP contribution >= 0.6 is 0 Å². The van der Waals surface area contributed by atoms with E-state index >= 15 is 0 Å². The first kappa shape index (κ1) is 47.7. The van der Waals surface area contributed by atoms with Gasteiger partial charge in [0, 0.05) is 16.3 Å². The Morgan fingerprint density at radius 3 is 1.07 bits per heavy atom. The van der Waals surface area contributed by atoms with Crippen molar-refractivity contribution in [2.24, 2.45) is 0 Å². The second kappa shape index (κ2) is 18.9. The lowest BCUT2D eigenvalue weighted by Gasteiger charge is -2.24. The zero-order valence-corrected chi connectivity index (χ0v) is 45.6. The fourth-order valence-corrected chi connectivity index (χ4v) is 13.6. The van der Waals surface area contributed by atoms with Gasteiger partial charge in [-0.25, -0.2) is 0 Å². The van der Waals surface area contributed by atoms with Gasteiger partial charge in [-0.1, -0.05) is 235 Å². The topological polar surface area (TPSA) is 13.1 Å². The lowest BCUT2D eigenvalue weighted by atomic mass is 9.59.